The monoisotopic (exact) mass is 319 g/mol. The number of nitrogens with two attached hydrogens (primary N) is 1. The Bertz CT molecular complexity index is 682. The first kappa shape index (κ1) is 13.4. The third kappa shape index (κ3) is 2.52. The summed E-state index contributed by atoms with van der Waals surface area (Å²) in [4.78, 5) is 20.3. The molecule has 21 heavy (non-hydrogen) atoms. The van der Waals surface area contributed by atoms with E-state index in [1.807, 2.05) is 6.07 Å². The maximum Gasteiger partial charge on any atom is 0.267 e. The molecule has 2 heterocycles. The van der Waals surface area contributed by atoms with E-state index in [4.69, 9.17) is 5.73 Å². The predicted molar refractivity (Wildman–Crippen MR) is 86.4 cm³/mol. The lowest BCUT2D eigenvalue weighted by Gasteiger charge is -2.15. The van der Waals surface area contributed by atoms with Crippen molar-refractivity contribution in [3.63, 3.8) is 0 Å². The molecule has 0 bridgehead atoms. The molecule has 2 aliphatic carbocycles. The number of nitrogens with one attached hydrogen (secondary N) is 1. The molecule has 4 nitrogen and oxygen atoms in total. The lowest BCUT2D eigenvalue weighted by atomic mass is 9.99. The topological polar surface area (TPSA) is 68.0 Å². The molecule has 0 aromatic carbocycles. The van der Waals surface area contributed by atoms with Gasteiger partial charge in [0.1, 0.15) is 0 Å². The van der Waals surface area contributed by atoms with Crippen LogP contribution in [0.5, 0.6) is 0 Å². The summed E-state index contributed by atoms with van der Waals surface area (Å²) in [7, 11) is 0. The Morgan fingerprint density at radius 2 is 2.19 bits per heavy atom. The number of rotatable bonds is 2. The lowest BCUT2D eigenvalue weighted by molar-refractivity contribution is 0.103. The fraction of sp³-hybridized carbons (Fsp3) is 0.467. The van der Waals surface area contributed by atoms with Crippen LogP contribution < -0.4 is 11.1 Å². The SMILES string of the molecule is N[C@H]1CCc2nc(NC(=O)c3cc4c(s3)CCC4)sc2C1. The Balaban J connectivity index is 1.51. The number of thiophene rings is 1. The fourth-order valence-corrected chi connectivity index (χ4v) is 5.30. The lowest BCUT2D eigenvalue weighted by Crippen LogP contribution is -2.26. The van der Waals surface area contributed by atoms with Crippen LogP contribution >= 0.6 is 22.7 Å². The minimum absolute atomic E-state index is 0.0233. The highest BCUT2D eigenvalue weighted by Gasteiger charge is 2.22. The molecule has 0 radical (unpaired) electrons. The summed E-state index contributed by atoms with van der Waals surface area (Å²) >= 11 is 3.20. The summed E-state index contributed by atoms with van der Waals surface area (Å²) < 4.78 is 0. The number of hydrogen-bond donors (Lipinski definition) is 2. The molecule has 0 saturated heterocycles. The second kappa shape index (κ2) is 5.19. The van der Waals surface area contributed by atoms with E-state index < -0.39 is 0 Å². The molecule has 6 heteroatoms. The average Bonchev–Trinajstić information content (AvgIpc) is 3.09. The third-order valence-electron chi connectivity index (χ3n) is 4.17. The molecule has 0 aliphatic heterocycles. The molecular formula is C15H17N3OS2. The molecule has 110 valence electrons. The van der Waals surface area contributed by atoms with Crippen molar-refractivity contribution < 1.29 is 4.79 Å². The van der Waals surface area contributed by atoms with E-state index in [9.17, 15) is 4.79 Å². The predicted octanol–water partition coefficient (Wildman–Crippen LogP) is 2.76. The number of carbonyl (C=O) groups excluding carboxylic acids is 1. The summed E-state index contributed by atoms with van der Waals surface area (Å²) in [6.45, 7) is 0. The van der Waals surface area contributed by atoms with E-state index in [0.717, 1.165) is 42.7 Å². The quantitative estimate of drug-likeness (QED) is 0.894. The second-order valence-electron chi connectivity index (χ2n) is 5.76. The summed E-state index contributed by atoms with van der Waals surface area (Å²) in [5.74, 6) is -0.0233. The molecule has 2 aromatic heterocycles. The van der Waals surface area contributed by atoms with Crippen LogP contribution in [0.1, 0.15) is 43.5 Å². The van der Waals surface area contributed by atoms with E-state index in [1.165, 1.54) is 21.7 Å². The van der Waals surface area contributed by atoms with Crippen LogP contribution in [0.3, 0.4) is 0 Å². The van der Waals surface area contributed by atoms with Gasteiger partial charge < -0.3 is 5.73 Å². The molecular weight excluding hydrogens is 302 g/mol. The van der Waals surface area contributed by atoms with Gasteiger partial charge in [0.2, 0.25) is 0 Å². The van der Waals surface area contributed by atoms with Crippen molar-refractivity contribution in [2.45, 2.75) is 44.6 Å². The number of fused-ring (bicyclic) bond motifs is 2. The number of nitrogens with zero attached hydrogens (tertiary/aromatic N) is 1. The Morgan fingerprint density at radius 1 is 1.29 bits per heavy atom. The fourth-order valence-electron chi connectivity index (χ4n) is 3.05. The first-order valence-electron chi connectivity index (χ1n) is 7.36. The van der Waals surface area contributed by atoms with Crippen LogP contribution in [0.2, 0.25) is 0 Å². The normalized spacial score (nSPS) is 20.1. The largest absolute Gasteiger partial charge is 0.327 e. The summed E-state index contributed by atoms with van der Waals surface area (Å²) in [5.41, 5.74) is 8.46. The van der Waals surface area contributed by atoms with Crippen LogP contribution in [0.4, 0.5) is 5.13 Å². The first-order chi connectivity index (χ1) is 10.2. The van der Waals surface area contributed by atoms with Gasteiger partial charge in [0.05, 0.1) is 10.6 Å². The van der Waals surface area contributed by atoms with Gasteiger partial charge in [0.15, 0.2) is 5.13 Å². The van der Waals surface area contributed by atoms with Crippen molar-refractivity contribution in [2.75, 3.05) is 5.32 Å². The van der Waals surface area contributed by atoms with E-state index in [2.05, 4.69) is 10.3 Å². The zero-order valence-corrected chi connectivity index (χ0v) is 13.3. The van der Waals surface area contributed by atoms with Gasteiger partial charge >= 0.3 is 0 Å². The highest BCUT2D eigenvalue weighted by atomic mass is 32.1. The van der Waals surface area contributed by atoms with Crippen molar-refractivity contribution in [1.29, 1.82) is 0 Å². The molecule has 3 N–H and O–H groups in total. The summed E-state index contributed by atoms with van der Waals surface area (Å²) in [6.07, 6.45) is 6.26. The standard InChI is InChI=1S/C15H17N3OS2/c16-9-4-5-10-12(7-9)21-15(17-10)18-14(19)13-6-8-2-1-3-11(8)20-13/h6,9H,1-5,7,16H2,(H,17,18,19)/t9-/m0/s1. The van der Waals surface area contributed by atoms with Gasteiger partial charge in [0, 0.05) is 15.8 Å². The number of aryl methyl sites for hydroxylation is 3. The smallest absolute Gasteiger partial charge is 0.267 e. The number of thiazole rings is 1. The number of carbonyl (C=O) groups is 1. The zero-order chi connectivity index (χ0) is 14.4. The number of aromatic nitrogens is 1. The van der Waals surface area contributed by atoms with Crippen LogP contribution in [0.15, 0.2) is 6.07 Å². The van der Waals surface area contributed by atoms with Gasteiger partial charge in [-0.3, -0.25) is 10.1 Å². The second-order valence-corrected chi connectivity index (χ2v) is 7.98. The maximum absolute atomic E-state index is 12.3. The minimum Gasteiger partial charge on any atom is -0.327 e. The van der Waals surface area contributed by atoms with E-state index in [1.54, 1.807) is 22.7 Å². The van der Waals surface area contributed by atoms with Gasteiger partial charge in [-0.1, -0.05) is 0 Å². The van der Waals surface area contributed by atoms with E-state index in [0.29, 0.717) is 5.13 Å². The van der Waals surface area contributed by atoms with Crippen molar-refractivity contribution in [1.82, 2.24) is 4.98 Å². The van der Waals surface area contributed by atoms with Crippen molar-refractivity contribution in [3.05, 3.63) is 32.0 Å². The summed E-state index contributed by atoms with van der Waals surface area (Å²) in [6, 6.07) is 2.29. The Labute approximate surface area is 131 Å². The average molecular weight is 319 g/mol. The number of amides is 1. The van der Waals surface area contributed by atoms with Gasteiger partial charge in [-0.25, -0.2) is 4.98 Å². The van der Waals surface area contributed by atoms with Crippen LogP contribution in [0.25, 0.3) is 0 Å². The highest BCUT2D eigenvalue weighted by Crippen LogP contribution is 2.32. The van der Waals surface area contributed by atoms with Crippen LogP contribution in [-0.4, -0.2) is 16.9 Å². The molecule has 2 aromatic rings. The van der Waals surface area contributed by atoms with Gasteiger partial charge in [0.25, 0.3) is 5.91 Å². The molecule has 1 atom stereocenters. The molecule has 0 saturated carbocycles. The Morgan fingerprint density at radius 3 is 3.05 bits per heavy atom. The maximum atomic E-state index is 12.3. The van der Waals surface area contributed by atoms with E-state index >= 15 is 0 Å². The minimum atomic E-state index is -0.0233. The molecule has 0 spiro atoms. The van der Waals surface area contributed by atoms with Crippen molar-refractivity contribution in [3.8, 4) is 0 Å². The number of hydrogen-bond acceptors (Lipinski definition) is 5. The van der Waals surface area contributed by atoms with Gasteiger partial charge in [-0.15, -0.1) is 22.7 Å². The van der Waals surface area contributed by atoms with Crippen LogP contribution in [-0.2, 0) is 25.7 Å². The summed E-state index contributed by atoms with van der Waals surface area (Å²) in [5, 5.41) is 3.67. The van der Waals surface area contributed by atoms with Gasteiger partial charge in [-0.05, 0) is 50.2 Å². The molecule has 0 unspecified atom stereocenters. The van der Waals surface area contributed by atoms with Gasteiger partial charge in [-0.2, -0.15) is 0 Å². The highest BCUT2D eigenvalue weighted by molar-refractivity contribution is 7.16. The Hall–Kier alpha value is -1.24. The number of anilines is 1. The Kier molecular flexibility index (Phi) is 3.32. The molecule has 4 rings (SSSR count). The van der Waals surface area contributed by atoms with Crippen molar-refractivity contribution in [2.24, 2.45) is 5.73 Å². The van der Waals surface area contributed by atoms with Crippen molar-refractivity contribution >= 4 is 33.7 Å². The molecule has 1 amide bonds. The zero-order valence-electron chi connectivity index (χ0n) is 11.6. The first-order valence-corrected chi connectivity index (χ1v) is 8.99. The molecule has 0 fully saturated rings. The van der Waals surface area contributed by atoms with Crippen LogP contribution in [0, 0.1) is 0 Å². The van der Waals surface area contributed by atoms with E-state index in [-0.39, 0.29) is 11.9 Å². The third-order valence-corrected chi connectivity index (χ3v) is 6.44. The molecule has 2 aliphatic rings.